The smallest absolute Gasteiger partial charge is 0.438 e. The summed E-state index contributed by atoms with van der Waals surface area (Å²) in [6.45, 7) is 8.73. The summed E-state index contributed by atoms with van der Waals surface area (Å²) >= 11 is 0. The molecule has 0 aliphatic carbocycles. The highest BCUT2D eigenvalue weighted by atomic mass is 19.4. The number of nitrogens with zero attached hydrogens (tertiary/aromatic N) is 1. The Hall–Kier alpha value is -1.71. The molecule has 0 aliphatic heterocycles. The van der Waals surface area contributed by atoms with E-state index in [2.05, 4.69) is 16.5 Å². The second-order valence-corrected chi connectivity index (χ2v) is 6.33. The van der Waals surface area contributed by atoms with Crippen LogP contribution in [-0.2, 0) is 9.53 Å². The fourth-order valence-corrected chi connectivity index (χ4v) is 2.51. The standard InChI is InChI=1S/C19H30F3NO3/c1-3-4-5-6-7-8-9-10-11-12-13-14-15-26-18(25)16(23-2)17(24)19(20,21)22/h24H,3-15H2,1H3/b17-16+. The van der Waals surface area contributed by atoms with E-state index in [0.29, 0.717) is 6.42 Å². The molecule has 0 unspecified atom stereocenters. The minimum atomic E-state index is -5.13. The topological polar surface area (TPSA) is 50.9 Å². The van der Waals surface area contributed by atoms with Crippen LogP contribution in [0, 0.1) is 6.57 Å². The van der Waals surface area contributed by atoms with Crippen molar-refractivity contribution in [2.45, 2.75) is 90.1 Å². The van der Waals surface area contributed by atoms with Crippen LogP contribution in [0.3, 0.4) is 0 Å². The van der Waals surface area contributed by atoms with E-state index in [-0.39, 0.29) is 6.61 Å². The first kappa shape index (κ1) is 24.3. The normalized spacial score (nSPS) is 12.4. The first-order chi connectivity index (χ1) is 12.3. The van der Waals surface area contributed by atoms with Crippen LogP contribution >= 0.6 is 0 Å². The lowest BCUT2D eigenvalue weighted by molar-refractivity contribution is -0.142. The van der Waals surface area contributed by atoms with E-state index in [9.17, 15) is 18.0 Å². The van der Waals surface area contributed by atoms with Crippen molar-refractivity contribution >= 4 is 5.97 Å². The maximum Gasteiger partial charge on any atom is 0.438 e. The Morgan fingerprint density at radius 2 is 1.35 bits per heavy atom. The number of ether oxygens (including phenoxy) is 1. The van der Waals surface area contributed by atoms with E-state index in [1.165, 1.54) is 44.9 Å². The Morgan fingerprint density at radius 1 is 0.923 bits per heavy atom. The fourth-order valence-electron chi connectivity index (χ4n) is 2.51. The van der Waals surface area contributed by atoms with Gasteiger partial charge in [0.15, 0.2) is 0 Å². The number of allylic oxidation sites excluding steroid dienone is 1. The van der Waals surface area contributed by atoms with Crippen molar-refractivity contribution in [2.24, 2.45) is 0 Å². The summed E-state index contributed by atoms with van der Waals surface area (Å²) in [5.74, 6) is -3.63. The molecule has 0 saturated carbocycles. The van der Waals surface area contributed by atoms with Crippen molar-refractivity contribution in [1.82, 2.24) is 0 Å². The lowest BCUT2D eigenvalue weighted by Gasteiger charge is -2.08. The highest BCUT2D eigenvalue weighted by Gasteiger charge is 2.39. The largest absolute Gasteiger partial charge is 0.515 e. The number of aliphatic hydroxyl groups excluding tert-OH is 1. The highest BCUT2D eigenvalue weighted by molar-refractivity contribution is 5.91. The van der Waals surface area contributed by atoms with Gasteiger partial charge in [-0.2, -0.15) is 13.2 Å². The van der Waals surface area contributed by atoms with E-state index >= 15 is 0 Å². The minimum absolute atomic E-state index is 0.0551. The number of esters is 1. The second kappa shape index (κ2) is 14.5. The maximum atomic E-state index is 12.3. The number of halogens is 3. The number of rotatable bonds is 14. The van der Waals surface area contributed by atoms with Gasteiger partial charge in [-0.05, 0) is 6.42 Å². The molecule has 0 radical (unpaired) electrons. The molecule has 0 fully saturated rings. The summed E-state index contributed by atoms with van der Waals surface area (Å²) < 4.78 is 41.5. The lowest BCUT2D eigenvalue weighted by atomic mass is 10.1. The molecular weight excluding hydrogens is 347 g/mol. The summed E-state index contributed by atoms with van der Waals surface area (Å²) in [7, 11) is 0. The molecule has 0 aromatic heterocycles. The average molecular weight is 377 g/mol. The van der Waals surface area contributed by atoms with Crippen LogP contribution in [0.5, 0.6) is 0 Å². The molecule has 7 heteroatoms. The van der Waals surface area contributed by atoms with Gasteiger partial charge in [-0.1, -0.05) is 77.6 Å². The summed E-state index contributed by atoms with van der Waals surface area (Å²) in [4.78, 5) is 13.8. The fraction of sp³-hybridized carbons (Fsp3) is 0.789. The molecule has 4 nitrogen and oxygen atoms in total. The quantitative estimate of drug-likeness (QED) is 0.124. The van der Waals surface area contributed by atoms with Gasteiger partial charge in [-0.15, -0.1) is 0 Å². The van der Waals surface area contributed by atoms with Crippen LogP contribution in [0.4, 0.5) is 13.2 Å². The van der Waals surface area contributed by atoms with Crippen LogP contribution in [0.15, 0.2) is 11.5 Å². The first-order valence-corrected chi connectivity index (χ1v) is 9.39. The molecule has 0 aromatic rings. The van der Waals surface area contributed by atoms with Crippen molar-refractivity contribution in [3.63, 3.8) is 0 Å². The third-order valence-electron chi connectivity index (χ3n) is 4.03. The van der Waals surface area contributed by atoms with Gasteiger partial charge in [-0.25, -0.2) is 4.85 Å². The van der Waals surface area contributed by atoms with E-state index in [1.807, 2.05) is 0 Å². The molecule has 0 aromatic carbocycles. The first-order valence-electron chi connectivity index (χ1n) is 9.39. The number of carbonyl (C=O) groups is 1. The number of hydrogen-bond acceptors (Lipinski definition) is 3. The molecule has 0 atom stereocenters. The molecule has 150 valence electrons. The number of alkyl halides is 3. The maximum absolute atomic E-state index is 12.3. The van der Waals surface area contributed by atoms with Crippen LogP contribution in [0.2, 0.25) is 0 Å². The molecule has 0 bridgehead atoms. The van der Waals surface area contributed by atoms with Gasteiger partial charge < -0.3 is 9.84 Å². The van der Waals surface area contributed by atoms with Gasteiger partial charge in [0.1, 0.15) is 0 Å². The molecule has 0 spiro atoms. The van der Waals surface area contributed by atoms with E-state index in [1.54, 1.807) is 0 Å². The van der Waals surface area contributed by atoms with Gasteiger partial charge in [0.25, 0.3) is 0 Å². The van der Waals surface area contributed by atoms with Crippen LogP contribution in [-0.4, -0.2) is 23.9 Å². The number of unbranched alkanes of at least 4 members (excludes halogenated alkanes) is 11. The molecule has 0 aliphatic rings. The Labute approximate surface area is 154 Å². The summed E-state index contributed by atoms with van der Waals surface area (Å²) in [6, 6.07) is 0. The molecule has 0 amide bonds. The third kappa shape index (κ3) is 11.8. The summed E-state index contributed by atoms with van der Waals surface area (Å²) in [6.07, 6.45) is 8.41. The van der Waals surface area contributed by atoms with E-state index < -0.39 is 23.6 Å². The number of hydrogen-bond donors (Lipinski definition) is 1. The molecule has 1 N–H and O–H groups in total. The van der Waals surface area contributed by atoms with Gasteiger partial charge in [0.05, 0.1) is 13.2 Å². The van der Waals surface area contributed by atoms with Gasteiger partial charge in [-0.3, -0.25) is 4.79 Å². The zero-order chi connectivity index (χ0) is 19.8. The Kier molecular flexibility index (Phi) is 13.5. The zero-order valence-corrected chi connectivity index (χ0v) is 15.5. The monoisotopic (exact) mass is 377 g/mol. The van der Waals surface area contributed by atoms with Gasteiger partial charge >= 0.3 is 17.8 Å². The average Bonchev–Trinajstić information content (AvgIpc) is 2.58. The number of carbonyl (C=O) groups excluding carboxylic acids is 1. The second-order valence-electron chi connectivity index (χ2n) is 6.33. The van der Waals surface area contributed by atoms with Crippen LogP contribution in [0.1, 0.15) is 84.0 Å². The van der Waals surface area contributed by atoms with Gasteiger partial charge in [0, 0.05) is 0 Å². The van der Waals surface area contributed by atoms with Crippen molar-refractivity contribution in [3.05, 3.63) is 22.9 Å². The van der Waals surface area contributed by atoms with E-state index in [0.717, 1.165) is 25.7 Å². The van der Waals surface area contributed by atoms with Crippen LogP contribution < -0.4 is 0 Å². The molecule has 0 heterocycles. The third-order valence-corrected chi connectivity index (χ3v) is 4.03. The van der Waals surface area contributed by atoms with Crippen LogP contribution in [0.25, 0.3) is 4.85 Å². The Bertz CT molecular complexity index is 468. The minimum Gasteiger partial charge on any atom is -0.515 e. The predicted molar refractivity (Wildman–Crippen MR) is 94.3 cm³/mol. The molecule has 0 saturated heterocycles. The van der Waals surface area contributed by atoms with Crippen molar-refractivity contribution in [2.75, 3.05) is 6.61 Å². The molecule has 26 heavy (non-hydrogen) atoms. The SMILES string of the molecule is [C-]#[N+]/C(C(=O)OCCCCCCCCCCCCCC)=C(/O)C(F)(F)F. The lowest BCUT2D eigenvalue weighted by Crippen LogP contribution is -2.18. The Balaban J connectivity index is 3.70. The Morgan fingerprint density at radius 3 is 1.73 bits per heavy atom. The highest BCUT2D eigenvalue weighted by Crippen LogP contribution is 2.27. The van der Waals surface area contributed by atoms with Crippen molar-refractivity contribution < 1.29 is 27.8 Å². The molecule has 0 rings (SSSR count). The zero-order valence-electron chi connectivity index (χ0n) is 15.5. The van der Waals surface area contributed by atoms with Crippen molar-refractivity contribution in [3.8, 4) is 0 Å². The molecular formula is C19H30F3NO3. The summed E-state index contributed by atoms with van der Waals surface area (Å²) in [5, 5.41) is 8.86. The van der Waals surface area contributed by atoms with Crippen molar-refractivity contribution in [1.29, 1.82) is 0 Å². The summed E-state index contributed by atoms with van der Waals surface area (Å²) in [5.41, 5.74) is -1.42. The predicted octanol–water partition coefficient (Wildman–Crippen LogP) is 6.48. The van der Waals surface area contributed by atoms with E-state index in [4.69, 9.17) is 11.7 Å². The van der Waals surface area contributed by atoms with Gasteiger partial charge in [0.2, 0.25) is 5.76 Å². The number of aliphatic hydroxyl groups is 1.